The Morgan fingerprint density at radius 2 is 2.00 bits per heavy atom. The molecule has 23 heavy (non-hydrogen) atoms. The molecule has 2 aliphatic rings. The van der Waals surface area contributed by atoms with Crippen molar-refractivity contribution in [3.63, 3.8) is 0 Å². The number of hydrogen-bond donors (Lipinski definition) is 3. The van der Waals surface area contributed by atoms with E-state index in [1.807, 2.05) is 12.1 Å². The van der Waals surface area contributed by atoms with Gasteiger partial charge < -0.3 is 15.7 Å². The number of para-hydroxylation sites is 1. The Morgan fingerprint density at radius 1 is 1.13 bits per heavy atom. The van der Waals surface area contributed by atoms with Gasteiger partial charge in [0.05, 0.1) is 11.1 Å². The minimum absolute atomic E-state index is 0.0138. The minimum Gasteiger partial charge on any atom is -0.507 e. The molecule has 0 bridgehead atoms. The number of phenolic OH excluding ortho intramolecular Hbond substituents is 1. The molecular formula is C17H18N4O2. The highest BCUT2D eigenvalue weighted by Gasteiger charge is 2.47. The number of hydrogen-bond acceptors (Lipinski definition) is 5. The smallest absolute Gasteiger partial charge is 0.236 e. The lowest BCUT2D eigenvalue weighted by atomic mass is 9.76. The molecule has 0 aliphatic carbocycles. The number of nitrogens with zero attached hydrogens (tertiary/aromatic N) is 2. The predicted octanol–water partition coefficient (Wildman–Crippen LogP) is 1.81. The number of carbonyl (C=O) groups is 1. The Balaban J connectivity index is 1.84. The van der Waals surface area contributed by atoms with Crippen LogP contribution in [0.2, 0.25) is 0 Å². The lowest BCUT2D eigenvalue weighted by molar-refractivity contribution is -0.121. The van der Waals surface area contributed by atoms with E-state index in [1.54, 1.807) is 18.2 Å². The molecule has 1 saturated heterocycles. The molecule has 2 aromatic rings. The number of aromatic nitrogens is 2. The van der Waals surface area contributed by atoms with E-state index in [2.05, 4.69) is 20.8 Å². The van der Waals surface area contributed by atoms with Gasteiger partial charge >= 0.3 is 0 Å². The van der Waals surface area contributed by atoms with E-state index in [4.69, 9.17) is 0 Å². The first-order valence-electron chi connectivity index (χ1n) is 7.89. The molecular weight excluding hydrogens is 292 g/mol. The molecule has 1 atom stereocenters. The Morgan fingerprint density at radius 3 is 2.87 bits per heavy atom. The normalized spacial score (nSPS) is 23.4. The summed E-state index contributed by atoms with van der Waals surface area (Å²) in [6, 6.07) is 8.94. The minimum atomic E-state index is -0.534. The largest absolute Gasteiger partial charge is 0.507 e. The highest BCUT2D eigenvalue weighted by molar-refractivity contribution is 6.05. The lowest BCUT2D eigenvalue weighted by Gasteiger charge is -2.25. The van der Waals surface area contributed by atoms with Gasteiger partial charge in [0.25, 0.3) is 0 Å². The Hall–Kier alpha value is -2.47. The number of phenols is 1. The molecule has 1 fully saturated rings. The van der Waals surface area contributed by atoms with Crippen molar-refractivity contribution in [1.82, 2.24) is 15.5 Å². The Labute approximate surface area is 133 Å². The molecule has 0 radical (unpaired) electrons. The Bertz CT molecular complexity index is 767. The fourth-order valence-electron chi connectivity index (χ4n) is 3.58. The van der Waals surface area contributed by atoms with Crippen molar-refractivity contribution < 1.29 is 9.90 Å². The van der Waals surface area contributed by atoms with Crippen LogP contribution in [0, 0.1) is 0 Å². The van der Waals surface area contributed by atoms with E-state index >= 15 is 0 Å². The molecule has 1 aromatic carbocycles. The van der Waals surface area contributed by atoms with Crippen molar-refractivity contribution in [2.45, 2.75) is 24.7 Å². The molecule has 6 nitrogen and oxygen atoms in total. The van der Waals surface area contributed by atoms with Gasteiger partial charge in [0.15, 0.2) is 5.82 Å². The van der Waals surface area contributed by atoms with Crippen LogP contribution in [0.4, 0.5) is 5.82 Å². The maximum absolute atomic E-state index is 12.6. The molecule has 0 unspecified atom stereocenters. The molecule has 0 saturated carbocycles. The lowest BCUT2D eigenvalue weighted by Crippen LogP contribution is -2.35. The van der Waals surface area contributed by atoms with E-state index < -0.39 is 5.41 Å². The maximum atomic E-state index is 12.6. The van der Waals surface area contributed by atoms with Gasteiger partial charge in [-0.25, -0.2) is 0 Å². The van der Waals surface area contributed by atoms with Crippen molar-refractivity contribution in [2.24, 2.45) is 0 Å². The van der Waals surface area contributed by atoms with E-state index in [0.29, 0.717) is 17.1 Å². The van der Waals surface area contributed by atoms with E-state index in [0.717, 1.165) is 37.9 Å². The third-order valence-corrected chi connectivity index (χ3v) is 4.84. The number of anilines is 1. The highest BCUT2D eigenvalue weighted by Crippen LogP contribution is 2.44. The van der Waals surface area contributed by atoms with Gasteiger partial charge in [-0.05, 0) is 50.6 Å². The third kappa shape index (κ3) is 2.17. The molecule has 1 aromatic heterocycles. The van der Waals surface area contributed by atoms with Gasteiger partial charge in [0.1, 0.15) is 5.75 Å². The number of aromatic hydroxyl groups is 1. The first kappa shape index (κ1) is 14.1. The van der Waals surface area contributed by atoms with Crippen LogP contribution in [0.15, 0.2) is 30.3 Å². The van der Waals surface area contributed by atoms with Crippen molar-refractivity contribution >= 4 is 11.7 Å². The summed E-state index contributed by atoms with van der Waals surface area (Å²) in [6.07, 6.45) is 2.49. The van der Waals surface area contributed by atoms with Crippen molar-refractivity contribution in [1.29, 1.82) is 0 Å². The van der Waals surface area contributed by atoms with Gasteiger partial charge in [0, 0.05) is 11.1 Å². The zero-order valence-corrected chi connectivity index (χ0v) is 12.7. The molecule has 4 rings (SSSR count). The van der Waals surface area contributed by atoms with Crippen molar-refractivity contribution in [3.05, 3.63) is 35.9 Å². The molecule has 2 aliphatic heterocycles. The fraction of sp³-hybridized carbons (Fsp3) is 0.353. The SMILES string of the molecule is O=C1Nc2nnc(-c3ccccc3O)cc2[C@@]12CCCNCC2. The van der Waals surface area contributed by atoms with Gasteiger partial charge in [0.2, 0.25) is 5.91 Å². The second-order valence-corrected chi connectivity index (χ2v) is 6.15. The third-order valence-electron chi connectivity index (χ3n) is 4.84. The molecule has 1 amide bonds. The van der Waals surface area contributed by atoms with Gasteiger partial charge in [-0.2, -0.15) is 0 Å². The van der Waals surface area contributed by atoms with Crippen LogP contribution in [-0.4, -0.2) is 34.3 Å². The van der Waals surface area contributed by atoms with Crippen LogP contribution >= 0.6 is 0 Å². The fourth-order valence-corrected chi connectivity index (χ4v) is 3.58. The summed E-state index contributed by atoms with van der Waals surface area (Å²) in [5.41, 5.74) is 1.59. The van der Waals surface area contributed by atoms with Crippen molar-refractivity contribution in [3.8, 4) is 17.0 Å². The van der Waals surface area contributed by atoms with Crippen molar-refractivity contribution in [2.75, 3.05) is 18.4 Å². The summed E-state index contributed by atoms with van der Waals surface area (Å²) >= 11 is 0. The number of rotatable bonds is 1. The average Bonchev–Trinajstić information content (AvgIpc) is 2.72. The average molecular weight is 310 g/mol. The van der Waals surface area contributed by atoms with Crippen LogP contribution in [0.5, 0.6) is 5.75 Å². The van der Waals surface area contributed by atoms with E-state index in [9.17, 15) is 9.90 Å². The molecule has 3 N–H and O–H groups in total. The molecule has 6 heteroatoms. The second kappa shape index (κ2) is 5.31. The highest BCUT2D eigenvalue weighted by atomic mass is 16.3. The zero-order chi connectivity index (χ0) is 15.9. The van der Waals surface area contributed by atoms with Gasteiger partial charge in [-0.3, -0.25) is 4.79 Å². The topological polar surface area (TPSA) is 87.1 Å². The second-order valence-electron chi connectivity index (χ2n) is 6.15. The molecule has 3 heterocycles. The summed E-state index contributed by atoms with van der Waals surface area (Å²) in [7, 11) is 0. The number of fused-ring (bicyclic) bond motifs is 2. The summed E-state index contributed by atoms with van der Waals surface area (Å²) < 4.78 is 0. The van der Waals surface area contributed by atoms with E-state index in [-0.39, 0.29) is 11.7 Å². The van der Waals surface area contributed by atoms with Gasteiger partial charge in [-0.1, -0.05) is 12.1 Å². The van der Waals surface area contributed by atoms with Crippen LogP contribution in [0.25, 0.3) is 11.3 Å². The van der Waals surface area contributed by atoms with Crippen LogP contribution in [-0.2, 0) is 10.2 Å². The van der Waals surface area contributed by atoms with Crippen LogP contribution < -0.4 is 10.6 Å². The quantitative estimate of drug-likeness (QED) is 0.748. The number of benzene rings is 1. The van der Waals surface area contributed by atoms with E-state index in [1.165, 1.54) is 0 Å². The van der Waals surface area contributed by atoms with Gasteiger partial charge in [-0.15, -0.1) is 10.2 Å². The summed E-state index contributed by atoms with van der Waals surface area (Å²) in [6.45, 7) is 1.73. The van der Waals surface area contributed by atoms with Crippen LogP contribution in [0.1, 0.15) is 24.8 Å². The molecule has 118 valence electrons. The predicted molar refractivity (Wildman–Crippen MR) is 86.2 cm³/mol. The summed E-state index contributed by atoms with van der Waals surface area (Å²) in [5, 5.41) is 24.6. The number of amides is 1. The summed E-state index contributed by atoms with van der Waals surface area (Å²) in [5.74, 6) is 0.728. The Kier molecular flexibility index (Phi) is 3.27. The summed E-state index contributed by atoms with van der Waals surface area (Å²) in [4.78, 5) is 12.6. The van der Waals surface area contributed by atoms with Crippen LogP contribution in [0.3, 0.4) is 0 Å². The maximum Gasteiger partial charge on any atom is 0.236 e. The first-order valence-corrected chi connectivity index (χ1v) is 7.89. The number of nitrogens with one attached hydrogen (secondary N) is 2. The molecule has 1 spiro atoms. The monoisotopic (exact) mass is 310 g/mol. The standard InChI is InChI=1S/C17H18N4O2/c22-14-5-2-1-4-11(14)13-10-12-15(21-20-13)19-16(23)17(12)6-3-8-18-9-7-17/h1-2,4-5,10,18,22H,3,6-9H2,(H,19,21,23)/t17-/m0/s1. The number of carbonyl (C=O) groups excluding carboxylic acids is 1. The zero-order valence-electron chi connectivity index (χ0n) is 12.7. The first-order chi connectivity index (χ1) is 11.2.